The first-order chi connectivity index (χ1) is 14.0. The van der Waals surface area contributed by atoms with Crippen LogP contribution in [0.5, 0.6) is 5.75 Å². The van der Waals surface area contributed by atoms with Crippen molar-refractivity contribution in [2.45, 2.75) is 26.5 Å². The lowest BCUT2D eigenvalue weighted by atomic mass is 10.1. The van der Waals surface area contributed by atoms with Crippen molar-refractivity contribution < 1.29 is 23.8 Å². The minimum absolute atomic E-state index is 0.260. The predicted molar refractivity (Wildman–Crippen MR) is 106 cm³/mol. The highest BCUT2D eigenvalue weighted by atomic mass is 16.5. The Morgan fingerprint density at radius 2 is 1.90 bits per heavy atom. The van der Waals surface area contributed by atoms with E-state index in [0.717, 1.165) is 16.8 Å². The summed E-state index contributed by atoms with van der Waals surface area (Å²) in [7, 11) is 0. The zero-order valence-electron chi connectivity index (χ0n) is 16.2. The number of carboxylic acid groups (broad SMARTS) is 1. The van der Waals surface area contributed by atoms with Crippen LogP contribution in [-0.2, 0) is 16.2 Å². The highest BCUT2D eigenvalue weighted by Crippen LogP contribution is 2.24. The second-order valence-corrected chi connectivity index (χ2v) is 6.59. The number of carbonyl (C=O) groups excluding carboxylic acids is 1. The van der Waals surface area contributed by atoms with Crippen LogP contribution in [0.2, 0.25) is 0 Å². The normalized spacial score (nSPS) is 11.7. The molecule has 7 nitrogen and oxygen atoms in total. The van der Waals surface area contributed by atoms with Gasteiger partial charge in [0.2, 0.25) is 12.3 Å². The molecule has 150 valence electrons. The molecule has 1 heterocycles. The lowest BCUT2D eigenvalue weighted by Crippen LogP contribution is -2.31. The third-order valence-corrected chi connectivity index (χ3v) is 4.60. The van der Waals surface area contributed by atoms with Crippen molar-refractivity contribution in [3.63, 3.8) is 0 Å². The molecule has 7 heteroatoms. The van der Waals surface area contributed by atoms with Gasteiger partial charge in [-0.25, -0.2) is 4.98 Å². The van der Waals surface area contributed by atoms with Gasteiger partial charge in [0.15, 0.2) is 0 Å². The van der Waals surface area contributed by atoms with Crippen molar-refractivity contribution in [3.05, 3.63) is 71.6 Å². The number of carbonyl (C=O) groups is 2. The van der Waals surface area contributed by atoms with E-state index >= 15 is 0 Å². The molecule has 0 fully saturated rings. The van der Waals surface area contributed by atoms with Crippen LogP contribution in [0.4, 0.5) is 0 Å². The topological polar surface area (TPSA) is 92.9 Å². The molecule has 1 amide bonds. The maximum absolute atomic E-state index is 11.1. The third-order valence-electron chi connectivity index (χ3n) is 4.60. The van der Waals surface area contributed by atoms with Gasteiger partial charge in [0.1, 0.15) is 30.4 Å². The summed E-state index contributed by atoms with van der Waals surface area (Å²) in [6.45, 7) is 3.53. The van der Waals surface area contributed by atoms with E-state index in [2.05, 4.69) is 4.98 Å². The molecule has 0 saturated heterocycles. The summed E-state index contributed by atoms with van der Waals surface area (Å²) in [5.74, 6) is 0.838. The fourth-order valence-corrected chi connectivity index (χ4v) is 2.87. The Morgan fingerprint density at radius 1 is 1.21 bits per heavy atom. The van der Waals surface area contributed by atoms with E-state index in [1.807, 2.05) is 49.4 Å². The van der Waals surface area contributed by atoms with Gasteiger partial charge in [-0.3, -0.25) is 9.59 Å². The molecule has 2 aromatic carbocycles. The number of benzene rings is 2. The minimum atomic E-state index is -1.05. The molecule has 1 N–H and O–H groups in total. The van der Waals surface area contributed by atoms with Crippen LogP contribution < -0.4 is 4.74 Å². The van der Waals surface area contributed by atoms with Gasteiger partial charge in [0, 0.05) is 5.56 Å². The van der Waals surface area contributed by atoms with Crippen LogP contribution in [-0.4, -0.2) is 33.9 Å². The van der Waals surface area contributed by atoms with E-state index < -0.39 is 5.97 Å². The van der Waals surface area contributed by atoms with Crippen LogP contribution in [0, 0.1) is 6.92 Å². The number of hydrogen-bond donors (Lipinski definition) is 1. The van der Waals surface area contributed by atoms with Gasteiger partial charge in [0.05, 0.1) is 6.04 Å². The molecule has 0 bridgehead atoms. The summed E-state index contributed by atoms with van der Waals surface area (Å²) >= 11 is 0. The summed E-state index contributed by atoms with van der Waals surface area (Å²) < 4.78 is 11.5. The van der Waals surface area contributed by atoms with Gasteiger partial charge < -0.3 is 19.2 Å². The standard InChI is InChI=1S/C22H22N2O5/c1-15(24(14-25)12-21(26)27)17-8-10-19(11-9-17)28-13-20-16(2)29-22(23-20)18-6-4-3-5-7-18/h3-11,14-15H,12-13H2,1-2H3,(H,26,27)/t15-/m0/s1. The quantitative estimate of drug-likeness (QED) is 0.555. The summed E-state index contributed by atoms with van der Waals surface area (Å²) in [4.78, 5) is 27.7. The number of rotatable bonds is 9. The van der Waals surface area contributed by atoms with Gasteiger partial charge in [-0.05, 0) is 43.7 Å². The molecular weight excluding hydrogens is 372 g/mol. The van der Waals surface area contributed by atoms with Gasteiger partial charge in [-0.1, -0.05) is 30.3 Å². The van der Waals surface area contributed by atoms with Crippen LogP contribution in [0.25, 0.3) is 11.5 Å². The highest BCUT2D eigenvalue weighted by molar-refractivity contribution is 5.72. The molecule has 0 unspecified atom stereocenters. The number of ether oxygens (including phenoxy) is 1. The molecule has 0 aliphatic carbocycles. The lowest BCUT2D eigenvalue weighted by Gasteiger charge is -2.23. The van der Waals surface area contributed by atoms with Gasteiger partial charge in [0.25, 0.3) is 0 Å². The van der Waals surface area contributed by atoms with Crippen LogP contribution in [0.1, 0.15) is 30.0 Å². The molecule has 1 aromatic heterocycles. The van der Waals surface area contributed by atoms with Gasteiger partial charge in [-0.15, -0.1) is 0 Å². The van der Waals surface area contributed by atoms with E-state index in [1.54, 1.807) is 19.1 Å². The molecule has 29 heavy (non-hydrogen) atoms. The van der Waals surface area contributed by atoms with Crippen molar-refractivity contribution in [3.8, 4) is 17.2 Å². The summed E-state index contributed by atoms with van der Waals surface area (Å²) in [5, 5.41) is 8.90. The Kier molecular flexibility index (Phi) is 6.29. The van der Waals surface area contributed by atoms with Crippen LogP contribution in [0.3, 0.4) is 0 Å². The Bertz CT molecular complexity index is 967. The number of aryl methyl sites for hydroxylation is 1. The number of hydrogen-bond acceptors (Lipinski definition) is 5. The summed E-state index contributed by atoms with van der Waals surface area (Å²) in [6, 6.07) is 16.5. The van der Waals surface area contributed by atoms with Crippen LogP contribution >= 0.6 is 0 Å². The average molecular weight is 394 g/mol. The first-order valence-corrected chi connectivity index (χ1v) is 9.15. The van der Waals surface area contributed by atoms with Crippen molar-refractivity contribution >= 4 is 12.4 Å². The second-order valence-electron chi connectivity index (χ2n) is 6.59. The smallest absolute Gasteiger partial charge is 0.323 e. The molecule has 1 atom stereocenters. The predicted octanol–water partition coefficient (Wildman–Crippen LogP) is 3.83. The van der Waals surface area contributed by atoms with Crippen LogP contribution in [0.15, 0.2) is 59.0 Å². The average Bonchev–Trinajstić information content (AvgIpc) is 3.11. The van der Waals surface area contributed by atoms with Crippen molar-refractivity contribution in [2.24, 2.45) is 0 Å². The van der Waals surface area contributed by atoms with Crippen molar-refractivity contribution in [1.82, 2.24) is 9.88 Å². The Morgan fingerprint density at radius 3 is 2.52 bits per heavy atom. The molecule has 0 saturated carbocycles. The van der Waals surface area contributed by atoms with Gasteiger partial charge in [-0.2, -0.15) is 0 Å². The molecule has 0 radical (unpaired) electrons. The number of aliphatic carboxylic acids is 1. The fraction of sp³-hybridized carbons (Fsp3) is 0.227. The zero-order valence-corrected chi connectivity index (χ0v) is 16.2. The maximum atomic E-state index is 11.1. The number of amides is 1. The zero-order chi connectivity index (χ0) is 20.8. The molecule has 0 aliphatic rings. The number of nitrogens with zero attached hydrogens (tertiary/aromatic N) is 2. The molecule has 3 aromatic rings. The van der Waals surface area contributed by atoms with E-state index in [4.69, 9.17) is 14.3 Å². The Balaban J connectivity index is 1.64. The number of oxazole rings is 1. The van der Waals surface area contributed by atoms with E-state index in [0.29, 0.717) is 23.8 Å². The molecule has 0 spiro atoms. The first-order valence-electron chi connectivity index (χ1n) is 9.15. The monoisotopic (exact) mass is 394 g/mol. The SMILES string of the molecule is Cc1oc(-c2ccccc2)nc1COc1ccc([C@H](C)N(C=O)CC(=O)O)cc1. The van der Waals surface area contributed by atoms with E-state index in [-0.39, 0.29) is 19.2 Å². The largest absolute Gasteiger partial charge is 0.487 e. The molecule has 0 aliphatic heterocycles. The van der Waals surface area contributed by atoms with E-state index in [1.165, 1.54) is 4.90 Å². The fourth-order valence-electron chi connectivity index (χ4n) is 2.87. The number of aromatic nitrogens is 1. The highest BCUT2D eigenvalue weighted by Gasteiger charge is 2.17. The maximum Gasteiger partial charge on any atom is 0.323 e. The second kappa shape index (κ2) is 9.05. The molecule has 3 rings (SSSR count). The van der Waals surface area contributed by atoms with Gasteiger partial charge >= 0.3 is 5.97 Å². The third kappa shape index (κ3) is 5.01. The Hall–Kier alpha value is -3.61. The molecular formula is C22H22N2O5. The summed E-state index contributed by atoms with van der Waals surface area (Å²) in [6.07, 6.45) is 0.543. The minimum Gasteiger partial charge on any atom is -0.487 e. The number of carboxylic acids is 1. The van der Waals surface area contributed by atoms with Crippen molar-refractivity contribution in [2.75, 3.05) is 6.54 Å². The summed E-state index contributed by atoms with van der Waals surface area (Å²) in [5.41, 5.74) is 2.44. The first kappa shape index (κ1) is 20.1. The Labute approximate surface area is 168 Å². The van der Waals surface area contributed by atoms with Crippen molar-refractivity contribution in [1.29, 1.82) is 0 Å². The lowest BCUT2D eigenvalue weighted by molar-refractivity contribution is -0.141. The van der Waals surface area contributed by atoms with E-state index in [9.17, 15) is 9.59 Å².